The van der Waals surface area contributed by atoms with Gasteiger partial charge in [-0.3, -0.25) is 4.79 Å². The van der Waals surface area contributed by atoms with Crippen molar-refractivity contribution in [2.24, 2.45) is 7.05 Å². The van der Waals surface area contributed by atoms with Gasteiger partial charge >= 0.3 is 0 Å². The molecule has 1 unspecified atom stereocenters. The van der Waals surface area contributed by atoms with Crippen LogP contribution >= 0.6 is 11.6 Å². The molecule has 6 heteroatoms. The summed E-state index contributed by atoms with van der Waals surface area (Å²) in [5.41, 5.74) is 1.69. The van der Waals surface area contributed by atoms with Crippen LogP contribution in [-0.2, 0) is 11.8 Å². The fourth-order valence-corrected chi connectivity index (χ4v) is 2.65. The molecule has 2 aromatic carbocycles. The highest BCUT2D eigenvalue weighted by molar-refractivity contribution is 6.30. The quantitative estimate of drug-likeness (QED) is 0.642. The van der Waals surface area contributed by atoms with Crippen molar-refractivity contribution >= 4 is 23.5 Å². The zero-order valence-corrected chi connectivity index (χ0v) is 14.8. The van der Waals surface area contributed by atoms with Crippen molar-refractivity contribution in [3.63, 3.8) is 0 Å². The minimum absolute atomic E-state index is 0.317. The lowest BCUT2D eigenvalue weighted by molar-refractivity contribution is -0.115. The maximum absolute atomic E-state index is 12.5. The number of halogens is 1. The van der Waals surface area contributed by atoms with Gasteiger partial charge in [-0.2, -0.15) is 5.26 Å². The van der Waals surface area contributed by atoms with Gasteiger partial charge in [-0.05, 0) is 23.8 Å². The molecule has 0 amide bonds. The molecule has 128 valence electrons. The molecule has 0 spiro atoms. The van der Waals surface area contributed by atoms with E-state index in [0.717, 1.165) is 11.1 Å². The molecule has 0 aliphatic carbocycles. The van der Waals surface area contributed by atoms with E-state index in [1.165, 1.54) is 6.08 Å². The first-order valence-electron chi connectivity index (χ1n) is 7.92. The van der Waals surface area contributed by atoms with Gasteiger partial charge in [-0.15, -0.1) is 10.2 Å². The second-order valence-electron chi connectivity index (χ2n) is 5.66. The summed E-state index contributed by atoms with van der Waals surface area (Å²) in [5, 5.41) is 18.3. The number of carbonyl (C=O) groups is 1. The molecule has 3 aromatic rings. The molecule has 26 heavy (non-hydrogen) atoms. The predicted octanol–water partition coefficient (Wildman–Crippen LogP) is 4.03. The standard InChI is InChI=1S/C20H15ClN4O/c1-25-19(15-5-3-2-4-6-15)23-24-20(25)17(13-22)18(26)12-9-14-7-10-16(21)11-8-14/h2-12,17H,1H3/b12-9+. The predicted molar refractivity (Wildman–Crippen MR) is 100 cm³/mol. The minimum atomic E-state index is -1.02. The Morgan fingerprint density at radius 1 is 1.15 bits per heavy atom. The number of ketones is 1. The van der Waals surface area contributed by atoms with Crippen molar-refractivity contribution < 1.29 is 4.79 Å². The molecule has 0 saturated carbocycles. The van der Waals surface area contributed by atoms with E-state index >= 15 is 0 Å². The molecule has 0 aliphatic rings. The van der Waals surface area contributed by atoms with Crippen LogP contribution in [0.5, 0.6) is 0 Å². The van der Waals surface area contributed by atoms with Crippen LogP contribution in [0, 0.1) is 11.3 Å². The SMILES string of the molecule is Cn1c(-c2ccccc2)nnc1C(C#N)C(=O)/C=C/c1ccc(Cl)cc1. The third-order valence-electron chi connectivity index (χ3n) is 3.92. The summed E-state index contributed by atoms with van der Waals surface area (Å²) in [6.07, 6.45) is 3.03. The molecule has 0 radical (unpaired) electrons. The highest BCUT2D eigenvalue weighted by Crippen LogP contribution is 2.22. The van der Waals surface area contributed by atoms with Crippen LogP contribution in [0.15, 0.2) is 60.7 Å². The van der Waals surface area contributed by atoms with E-state index in [0.29, 0.717) is 16.7 Å². The van der Waals surface area contributed by atoms with Gasteiger partial charge in [0.25, 0.3) is 0 Å². The third-order valence-corrected chi connectivity index (χ3v) is 4.17. The third kappa shape index (κ3) is 3.71. The average Bonchev–Trinajstić information content (AvgIpc) is 3.04. The molecule has 0 bridgehead atoms. The van der Waals surface area contributed by atoms with Crippen LogP contribution in [0.4, 0.5) is 0 Å². The molecule has 3 rings (SSSR count). The molecule has 0 N–H and O–H groups in total. The van der Waals surface area contributed by atoms with Crippen molar-refractivity contribution in [2.75, 3.05) is 0 Å². The Morgan fingerprint density at radius 2 is 1.85 bits per heavy atom. The zero-order chi connectivity index (χ0) is 18.5. The molecule has 1 atom stereocenters. The summed E-state index contributed by atoms with van der Waals surface area (Å²) in [6.45, 7) is 0. The summed E-state index contributed by atoms with van der Waals surface area (Å²) in [5.74, 6) is -0.446. The van der Waals surface area contributed by atoms with Crippen LogP contribution in [0.25, 0.3) is 17.5 Å². The number of nitrogens with zero attached hydrogens (tertiary/aromatic N) is 4. The number of aromatic nitrogens is 3. The molecule has 0 saturated heterocycles. The van der Waals surface area contributed by atoms with Gasteiger partial charge in [-0.25, -0.2) is 0 Å². The molecule has 1 aromatic heterocycles. The number of rotatable bonds is 5. The normalized spacial score (nSPS) is 12.0. The largest absolute Gasteiger partial charge is 0.313 e. The number of nitriles is 1. The van der Waals surface area contributed by atoms with E-state index in [9.17, 15) is 10.1 Å². The first-order valence-corrected chi connectivity index (χ1v) is 8.30. The molecule has 0 fully saturated rings. The number of benzene rings is 2. The topological polar surface area (TPSA) is 71.6 Å². The fraction of sp³-hybridized carbons (Fsp3) is 0.100. The lowest BCUT2D eigenvalue weighted by atomic mass is 10.0. The Labute approximate surface area is 156 Å². The van der Waals surface area contributed by atoms with E-state index in [4.69, 9.17) is 11.6 Å². The van der Waals surface area contributed by atoms with Gasteiger partial charge in [0, 0.05) is 17.6 Å². The van der Waals surface area contributed by atoms with E-state index in [1.807, 2.05) is 36.4 Å². The lowest BCUT2D eigenvalue weighted by Gasteiger charge is -2.06. The van der Waals surface area contributed by atoms with Crippen LogP contribution in [0.1, 0.15) is 17.3 Å². The van der Waals surface area contributed by atoms with Gasteiger partial charge in [0.2, 0.25) is 0 Å². The van der Waals surface area contributed by atoms with Crippen LogP contribution < -0.4 is 0 Å². The maximum atomic E-state index is 12.5. The molecule has 0 aliphatic heterocycles. The van der Waals surface area contributed by atoms with Gasteiger partial charge in [0.1, 0.15) is 0 Å². The van der Waals surface area contributed by atoms with Gasteiger partial charge in [-0.1, -0.05) is 60.1 Å². The highest BCUT2D eigenvalue weighted by Gasteiger charge is 2.25. The van der Waals surface area contributed by atoms with E-state index in [1.54, 1.807) is 42.0 Å². The molecule has 1 heterocycles. The monoisotopic (exact) mass is 362 g/mol. The lowest BCUT2D eigenvalue weighted by Crippen LogP contribution is -2.13. The van der Waals surface area contributed by atoms with Crippen molar-refractivity contribution in [1.29, 1.82) is 5.26 Å². The highest BCUT2D eigenvalue weighted by atomic mass is 35.5. The number of allylic oxidation sites excluding steroid dienone is 1. The Morgan fingerprint density at radius 3 is 2.50 bits per heavy atom. The number of carbonyl (C=O) groups excluding carboxylic acids is 1. The van der Waals surface area contributed by atoms with Crippen LogP contribution in [-0.4, -0.2) is 20.5 Å². The summed E-state index contributed by atoms with van der Waals surface area (Å²) in [4.78, 5) is 12.5. The van der Waals surface area contributed by atoms with Crippen molar-refractivity contribution in [3.8, 4) is 17.5 Å². The first-order chi connectivity index (χ1) is 12.6. The van der Waals surface area contributed by atoms with Gasteiger partial charge in [0.15, 0.2) is 23.3 Å². The average molecular weight is 363 g/mol. The Hall–Kier alpha value is -3.23. The van der Waals surface area contributed by atoms with Crippen molar-refractivity contribution in [2.45, 2.75) is 5.92 Å². The Bertz CT molecular complexity index is 985. The van der Waals surface area contributed by atoms with Crippen molar-refractivity contribution in [3.05, 3.63) is 77.1 Å². The Kier molecular flexibility index (Phi) is 5.26. The summed E-state index contributed by atoms with van der Waals surface area (Å²) >= 11 is 5.85. The second kappa shape index (κ2) is 7.77. The van der Waals surface area contributed by atoms with E-state index < -0.39 is 5.92 Å². The summed E-state index contributed by atoms with van der Waals surface area (Å²) < 4.78 is 1.68. The maximum Gasteiger partial charge on any atom is 0.180 e. The first kappa shape index (κ1) is 17.6. The fourth-order valence-electron chi connectivity index (χ4n) is 2.53. The summed E-state index contributed by atoms with van der Waals surface area (Å²) in [6, 6.07) is 18.6. The van der Waals surface area contributed by atoms with Crippen molar-refractivity contribution in [1.82, 2.24) is 14.8 Å². The molecule has 5 nitrogen and oxygen atoms in total. The number of hydrogen-bond acceptors (Lipinski definition) is 4. The zero-order valence-electron chi connectivity index (χ0n) is 14.0. The van der Waals surface area contributed by atoms with Gasteiger partial charge in [0.05, 0.1) is 6.07 Å². The van der Waals surface area contributed by atoms with E-state index in [-0.39, 0.29) is 5.78 Å². The van der Waals surface area contributed by atoms with Crippen LogP contribution in [0.3, 0.4) is 0 Å². The minimum Gasteiger partial charge on any atom is -0.313 e. The molecular formula is C20H15ClN4O. The molecular weight excluding hydrogens is 348 g/mol. The summed E-state index contributed by atoms with van der Waals surface area (Å²) in [7, 11) is 1.75. The van der Waals surface area contributed by atoms with Gasteiger partial charge < -0.3 is 4.57 Å². The smallest absolute Gasteiger partial charge is 0.180 e. The second-order valence-corrected chi connectivity index (χ2v) is 6.09. The Balaban J connectivity index is 1.85. The van der Waals surface area contributed by atoms with E-state index in [2.05, 4.69) is 10.2 Å². The number of hydrogen-bond donors (Lipinski definition) is 0. The van der Waals surface area contributed by atoms with Crippen LogP contribution in [0.2, 0.25) is 5.02 Å².